The maximum Gasteiger partial charge on any atom is 0.245 e. The third kappa shape index (κ3) is 2.46. The van der Waals surface area contributed by atoms with Gasteiger partial charge < -0.3 is 9.80 Å². The van der Waals surface area contributed by atoms with E-state index in [0.29, 0.717) is 6.42 Å². The molecule has 0 N–H and O–H groups in total. The summed E-state index contributed by atoms with van der Waals surface area (Å²) >= 11 is 3.38. The average Bonchev–Trinajstić information content (AvgIpc) is 3.10. The van der Waals surface area contributed by atoms with Crippen molar-refractivity contribution in [1.29, 1.82) is 0 Å². The SMILES string of the molecule is CC(C)N1c2sc(-c3ccsc3)nc2CC1C(=O)N(C)C. The molecule has 112 valence electrons. The molecule has 0 spiro atoms. The summed E-state index contributed by atoms with van der Waals surface area (Å²) in [5.41, 5.74) is 2.24. The van der Waals surface area contributed by atoms with Crippen LogP contribution in [-0.2, 0) is 11.2 Å². The molecule has 0 radical (unpaired) electrons. The standard InChI is InChI=1S/C15H19N3OS2/c1-9(2)18-12(14(19)17(3)4)7-11-15(18)21-13(16-11)10-5-6-20-8-10/h5-6,8-9,12H,7H2,1-4H3. The molecule has 0 saturated heterocycles. The molecule has 3 heterocycles. The Kier molecular flexibility index (Phi) is 3.75. The highest BCUT2D eigenvalue weighted by Crippen LogP contribution is 2.42. The maximum atomic E-state index is 12.4. The number of nitrogens with zero attached hydrogens (tertiary/aromatic N) is 3. The fourth-order valence-corrected chi connectivity index (χ4v) is 4.70. The molecule has 6 heteroatoms. The average molecular weight is 321 g/mol. The molecule has 2 aromatic heterocycles. The Morgan fingerprint density at radius 3 is 2.81 bits per heavy atom. The van der Waals surface area contributed by atoms with E-state index in [-0.39, 0.29) is 18.0 Å². The van der Waals surface area contributed by atoms with Crippen molar-refractivity contribution in [1.82, 2.24) is 9.88 Å². The van der Waals surface area contributed by atoms with Gasteiger partial charge in [0, 0.05) is 37.5 Å². The van der Waals surface area contributed by atoms with Gasteiger partial charge >= 0.3 is 0 Å². The van der Waals surface area contributed by atoms with E-state index in [0.717, 1.165) is 15.7 Å². The van der Waals surface area contributed by atoms with E-state index in [1.165, 1.54) is 5.56 Å². The van der Waals surface area contributed by atoms with Crippen LogP contribution in [0.5, 0.6) is 0 Å². The van der Waals surface area contributed by atoms with Crippen molar-refractivity contribution in [2.45, 2.75) is 32.4 Å². The van der Waals surface area contributed by atoms with Gasteiger partial charge in [-0.2, -0.15) is 11.3 Å². The van der Waals surface area contributed by atoms with Gasteiger partial charge in [0.2, 0.25) is 5.91 Å². The number of carbonyl (C=O) groups is 1. The van der Waals surface area contributed by atoms with Crippen LogP contribution in [0.4, 0.5) is 5.00 Å². The van der Waals surface area contributed by atoms with E-state index in [4.69, 9.17) is 4.98 Å². The van der Waals surface area contributed by atoms with Crippen LogP contribution in [-0.4, -0.2) is 42.0 Å². The second kappa shape index (κ2) is 5.42. The zero-order valence-corrected chi connectivity index (χ0v) is 14.3. The lowest BCUT2D eigenvalue weighted by Gasteiger charge is -2.31. The number of hydrogen-bond donors (Lipinski definition) is 0. The molecular weight excluding hydrogens is 302 g/mol. The van der Waals surface area contributed by atoms with Gasteiger partial charge in [0.15, 0.2) is 0 Å². The van der Waals surface area contributed by atoms with Gasteiger partial charge in [0.25, 0.3) is 0 Å². The normalized spacial score (nSPS) is 17.4. The quantitative estimate of drug-likeness (QED) is 0.871. The first kappa shape index (κ1) is 14.5. The van der Waals surface area contributed by atoms with Gasteiger partial charge in [-0.15, -0.1) is 0 Å². The van der Waals surface area contributed by atoms with Crippen molar-refractivity contribution >= 4 is 33.6 Å². The van der Waals surface area contributed by atoms with Crippen molar-refractivity contribution in [3.05, 3.63) is 22.5 Å². The summed E-state index contributed by atoms with van der Waals surface area (Å²) in [5.74, 6) is 0.158. The number of anilines is 1. The van der Waals surface area contributed by atoms with Gasteiger partial charge in [0.05, 0.1) is 5.69 Å². The molecule has 0 aliphatic carbocycles. The van der Waals surface area contributed by atoms with Gasteiger partial charge in [-0.05, 0) is 25.3 Å². The third-order valence-electron chi connectivity index (χ3n) is 3.68. The van der Waals surface area contributed by atoms with Crippen molar-refractivity contribution in [2.24, 2.45) is 0 Å². The van der Waals surface area contributed by atoms with Crippen LogP contribution >= 0.6 is 22.7 Å². The zero-order chi connectivity index (χ0) is 15.1. The summed E-state index contributed by atoms with van der Waals surface area (Å²) in [5, 5.41) is 6.41. The molecule has 1 aliphatic rings. The second-order valence-electron chi connectivity index (χ2n) is 5.74. The Labute approximate surface area is 133 Å². The first-order valence-electron chi connectivity index (χ1n) is 7.00. The lowest BCUT2D eigenvalue weighted by Crippen LogP contribution is -2.47. The molecule has 0 aromatic carbocycles. The summed E-state index contributed by atoms with van der Waals surface area (Å²) in [6.07, 6.45) is 0.713. The number of likely N-dealkylation sites (N-methyl/N-ethyl adjacent to an activating group) is 1. The van der Waals surface area contributed by atoms with E-state index in [9.17, 15) is 4.79 Å². The minimum absolute atomic E-state index is 0.106. The highest BCUT2D eigenvalue weighted by atomic mass is 32.1. The predicted octanol–water partition coefficient (Wildman–Crippen LogP) is 3.10. The highest BCUT2D eigenvalue weighted by molar-refractivity contribution is 7.19. The predicted molar refractivity (Wildman–Crippen MR) is 89.2 cm³/mol. The Balaban J connectivity index is 1.96. The summed E-state index contributed by atoms with van der Waals surface area (Å²) in [6.45, 7) is 4.27. The van der Waals surface area contributed by atoms with E-state index < -0.39 is 0 Å². The fourth-order valence-electron chi connectivity index (χ4n) is 2.71. The Morgan fingerprint density at radius 2 is 2.24 bits per heavy atom. The molecule has 3 rings (SSSR count). The molecule has 4 nitrogen and oxygen atoms in total. The number of hydrogen-bond acceptors (Lipinski definition) is 5. The summed E-state index contributed by atoms with van der Waals surface area (Å²) in [7, 11) is 3.63. The summed E-state index contributed by atoms with van der Waals surface area (Å²) in [6, 6.07) is 2.28. The number of fused-ring (bicyclic) bond motifs is 1. The lowest BCUT2D eigenvalue weighted by molar-refractivity contribution is -0.130. The monoisotopic (exact) mass is 321 g/mol. The van der Waals surface area contributed by atoms with Crippen LogP contribution in [0.15, 0.2) is 16.8 Å². The van der Waals surface area contributed by atoms with Crippen LogP contribution < -0.4 is 4.90 Å². The number of thiazole rings is 1. The largest absolute Gasteiger partial charge is 0.347 e. The number of aromatic nitrogens is 1. The minimum Gasteiger partial charge on any atom is -0.347 e. The topological polar surface area (TPSA) is 36.4 Å². The lowest BCUT2D eigenvalue weighted by atomic mass is 10.1. The molecule has 1 aliphatic heterocycles. The van der Waals surface area contributed by atoms with Crippen molar-refractivity contribution < 1.29 is 4.79 Å². The summed E-state index contributed by atoms with van der Waals surface area (Å²) in [4.78, 5) is 21.1. The van der Waals surface area contributed by atoms with Crippen molar-refractivity contribution in [3.63, 3.8) is 0 Å². The first-order valence-corrected chi connectivity index (χ1v) is 8.76. The summed E-state index contributed by atoms with van der Waals surface area (Å²) < 4.78 is 0. The number of carbonyl (C=O) groups excluding carboxylic acids is 1. The highest BCUT2D eigenvalue weighted by Gasteiger charge is 2.39. The molecule has 0 fully saturated rings. The van der Waals surface area contributed by atoms with Gasteiger partial charge in [-0.1, -0.05) is 11.3 Å². The smallest absolute Gasteiger partial charge is 0.245 e. The molecule has 1 atom stereocenters. The molecule has 0 saturated carbocycles. The van der Waals surface area contributed by atoms with Crippen molar-refractivity contribution in [3.8, 4) is 10.6 Å². The van der Waals surface area contributed by atoms with E-state index >= 15 is 0 Å². The van der Waals surface area contributed by atoms with Gasteiger partial charge in [-0.3, -0.25) is 4.79 Å². The van der Waals surface area contributed by atoms with E-state index in [2.05, 4.69) is 35.6 Å². The number of rotatable bonds is 3. The van der Waals surface area contributed by atoms with Crippen LogP contribution in [0.1, 0.15) is 19.5 Å². The molecule has 2 aromatic rings. The molecule has 1 amide bonds. The van der Waals surface area contributed by atoms with Gasteiger partial charge in [-0.25, -0.2) is 4.98 Å². The molecule has 1 unspecified atom stereocenters. The van der Waals surface area contributed by atoms with Crippen molar-refractivity contribution in [2.75, 3.05) is 19.0 Å². The van der Waals surface area contributed by atoms with Gasteiger partial charge in [0.1, 0.15) is 16.1 Å². The Bertz CT molecular complexity index is 646. The number of thiophene rings is 1. The Morgan fingerprint density at radius 1 is 1.48 bits per heavy atom. The molecule has 21 heavy (non-hydrogen) atoms. The second-order valence-corrected chi connectivity index (χ2v) is 7.49. The van der Waals surface area contributed by atoms with Crippen LogP contribution in [0.3, 0.4) is 0 Å². The van der Waals surface area contributed by atoms with E-state index in [1.54, 1.807) is 27.6 Å². The van der Waals surface area contributed by atoms with E-state index in [1.807, 2.05) is 14.1 Å². The molecular formula is C15H19N3OS2. The Hall–Kier alpha value is -1.40. The molecule has 0 bridgehead atoms. The first-order chi connectivity index (χ1) is 9.99. The third-order valence-corrected chi connectivity index (χ3v) is 5.53. The van der Waals surface area contributed by atoms with Crippen LogP contribution in [0.2, 0.25) is 0 Å². The number of amides is 1. The maximum absolute atomic E-state index is 12.4. The zero-order valence-electron chi connectivity index (χ0n) is 12.7. The van der Waals surface area contributed by atoms with Crippen LogP contribution in [0.25, 0.3) is 10.6 Å². The van der Waals surface area contributed by atoms with Crippen LogP contribution in [0, 0.1) is 0 Å². The minimum atomic E-state index is -0.106. The fraction of sp³-hybridized carbons (Fsp3) is 0.467.